The van der Waals surface area contributed by atoms with Crippen LogP contribution in [0.4, 0.5) is 9.18 Å². The molecule has 0 aliphatic rings. The van der Waals surface area contributed by atoms with Gasteiger partial charge in [0.25, 0.3) is 0 Å². The molecule has 0 saturated carbocycles. The Morgan fingerprint density at radius 2 is 2.08 bits per heavy atom. The zero-order valence-electron chi connectivity index (χ0n) is 13.8. The van der Waals surface area contributed by atoms with Crippen molar-refractivity contribution in [3.05, 3.63) is 60.1 Å². The molecule has 2 aromatic heterocycles. The highest BCUT2D eigenvalue weighted by molar-refractivity contribution is 5.74. The zero-order valence-corrected chi connectivity index (χ0v) is 13.8. The molecule has 8 heteroatoms. The summed E-state index contributed by atoms with van der Waals surface area (Å²) < 4.78 is 23.4. The van der Waals surface area contributed by atoms with E-state index in [1.165, 1.54) is 17.0 Å². The number of nitrogens with one attached hydrogen (secondary N) is 1. The summed E-state index contributed by atoms with van der Waals surface area (Å²) in [6.45, 7) is 2.08. The summed E-state index contributed by atoms with van der Waals surface area (Å²) in [5, 5.41) is 6.63. The fourth-order valence-electron chi connectivity index (χ4n) is 2.19. The van der Waals surface area contributed by atoms with Crippen LogP contribution >= 0.6 is 0 Å². The third-order valence-corrected chi connectivity index (χ3v) is 3.57. The Morgan fingerprint density at radius 1 is 1.32 bits per heavy atom. The van der Waals surface area contributed by atoms with Crippen molar-refractivity contribution in [2.75, 3.05) is 7.05 Å². The summed E-state index contributed by atoms with van der Waals surface area (Å²) in [5.41, 5.74) is 0.630. The van der Waals surface area contributed by atoms with E-state index in [1.807, 2.05) is 0 Å². The van der Waals surface area contributed by atoms with Crippen LogP contribution in [0.15, 0.2) is 51.6 Å². The van der Waals surface area contributed by atoms with E-state index in [0.717, 1.165) is 0 Å². The van der Waals surface area contributed by atoms with Gasteiger partial charge in [-0.15, -0.1) is 0 Å². The maximum atomic E-state index is 13.0. The van der Waals surface area contributed by atoms with E-state index in [1.54, 1.807) is 44.5 Å². The van der Waals surface area contributed by atoms with Gasteiger partial charge in [-0.05, 0) is 43.3 Å². The van der Waals surface area contributed by atoms with Crippen LogP contribution in [0.2, 0.25) is 0 Å². The van der Waals surface area contributed by atoms with Gasteiger partial charge < -0.3 is 19.2 Å². The van der Waals surface area contributed by atoms with Gasteiger partial charge in [0.05, 0.1) is 12.8 Å². The van der Waals surface area contributed by atoms with Crippen LogP contribution in [-0.2, 0) is 6.54 Å². The molecule has 0 fully saturated rings. The lowest BCUT2D eigenvalue weighted by molar-refractivity contribution is 0.196. The van der Waals surface area contributed by atoms with Crippen LogP contribution in [0.5, 0.6) is 0 Å². The number of halogens is 1. The first-order valence-corrected chi connectivity index (χ1v) is 7.66. The zero-order chi connectivity index (χ0) is 17.8. The maximum Gasteiger partial charge on any atom is 0.318 e. The number of rotatable bonds is 5. The number of furan rings is 1. The molecule has 0 unspecified atom stereocenters. The number of nitrogens with zero attached hydrogens (tertiary/aromatic N) is 3. The van der Waals surface area contributed by atoms with Crippen molar-refractivity contribution in [1.82, 2.24) is 20.4 Å². The highest BCUT2D eigenvalue weighted by atomic mass is 19.1. The molecule has 7 nitrogen and oxygen atoms in total. The largest absolute Gasteiger partial charge is 0.467 e. The van der Waals surface area contributed by atoms with Gasteiger partial charge in [0, 0.05) is 12.6 Å². The van der Waals surface area contributed by atoms with Gasteiger partial charge in [0.1, 0.15) is 17.6 Å². The van der Waals surface area contributed by atoms with Crippen LogP contribution in [-0.4, -0.2) is 28.1 Å². The Morgan fingerprint density at radius 3 is 2.76 bits per heavy atom. The summed E-state index contributed by atoms with van der Waals surface area (Å²) in [5.74, 6) is 0.938. The molecule has 1 atom stereocenters. The highest BCUT2D eigenvalue weighted by Gasteiger charge is 2.19. The van der Waals surface area contributed by atoms with Crippen molar-refractivity contribution >= 4 is 6.03 Å². The Balaban J connectivity index is 1.62. The number of urea groups is 1. The molecule has 0 bridgehead atoms. The van der Waals surface area contributed by atoms with Gasteiger partial charge >= 0.3 is 6.03 Å². The first-order chi connectivity index (χ1) is 12.0. The number of hydrogen-bond acceptors (Lipinski definition) is 5. The maximum absolute atomic E-state index is 13.0. The summed E-state index contributed by atoms with van der Waals surface area (Å²) >= 11 is 0. The molecule has 0 radical (unpaired) electrons. The second-order valence-corrected chi connectivity index (χ2v) is 5.57. The van der Waals surface area contributed by atoms with E-state index in [0.29, 0.717) is 23.7 Å². The summed E-state index contributed by atoms with van der Waals surface area (Å²) in [7, 11) is 1.66. The van der Waals surface area contributed by atoms with Crippen molar-refractivity contribution in [1.29, 1.82) is 0 Å². The Bertz CT molecular complexity index is 830. The molecule has 0 aliphatic heterocycles. The first-order valence-electron chi connectivity index (χ1n) is 7.66. The van der Waals surface area contributed by atoms with E-state index < -0.39 is 6.04 Å². The van der Waals surface area contributed by atoms with Crippen molar-refractivity contribution in [3.8, 4) is 11.4 Å². The van der Waals surface area contributed by atoms with Gasteiger partial charge in [0.2, 0.25) is 11.7 Å². The van der Waals surface area contributed by atoms with Crippen LogP contribution in [0.3, 0.4) is 0 Å². The smallest absolute Gasteiger partial charge is 0.318 e. The van der Waals surface area contributed by atoms with Gasteiger partial charge in [0.15, 0.2) is 0 Å². The van der Waals surface area contributed by atoms with Gasteiger partial charge in [-0.2, -0.15) is 4.98 Å². The summed E-state index contributed by atoms with van der Waals surface area (Å²) in [6.07, 6.45) is 1.55. The molecule has 1 aromatic carbocycles. The highest BCUT2D eigenvalue weighted by Crippen LogP contribution is 2.19. The lowest BCUT2D eigenvalue weighted by Gasteiger charge is -2.18. The van der Waals surface area contributed by atoms with Crippen LogP contribution in [0, 0.1) is 5.82 Å². The monoisotopic (exact) mass is 344 g/mol. The van der Waals surface area contributed by atoms with Gasteiger partial charge in [-0.1, -0.05) is 5.16 Å². The van der Waals surface area contributed by atoms with E-state index in [9.17, 15) is 9.18 Å². The number of aromatic nitrogens is 2. The third kappa shape index (κ3) is 4.03. The molecule has 3 rings (SSSR count). The van der Waals surface area contributed by atoms with Crippen molar-refractivity contribution in [2.45, 2.75) is 19.5 Å². The fraction of sp³-hybridized carbons (Fsp3) is 0.235. The number of benzene rings is 1. The number of hydrogen-bond donors (Lipinski definition) is 1. The molecule has 3 aromatic rings. The van der Waals surface area contributed by atoms with E-state index in [2.05, 4.69) is 15.5 Å². The Kier molecular flexibility index (Phi) is 4.78. The van der Waals surface area contributed by atoms with Crippen LogP contribution < -0.4 is 5.32 Å². The normalized spacial score (nSPS) is 12.0. The molecule has 1 N–H and O–H groups in total. The first kappa shape index (κ1) is 16.7. The minimum Gasteiger partial charge on any atom is -0.467 e. The van der Waals surface area contributed by atoms with Gasteiger partial charge in [-0.25, -0.2) is 9.18 Å². The van der Waals surface area contributed by atoms with E-state index >= 15 is 0 Å². The molecule has 0 saturated heterocycles. The average Bonchev–Trinajstić information content (AvgIpc) is 3.27. The third-order valence-electron chi connectivity index (χ3n) is 3.57. The van der Waals surface area contributed by atoms with Gasteiger partial charge in [-0.3, -0.25) is 0 Å². The van der Waals surface area contributed by atoms with Crippen molar-refractivity contribution in [3.63, 3.8) is 0 Å². The molecule has 2 amide bonds. The minimum atomic E-state index is -0.478. The Labute approximate surface area is 143 Å². The minimum absolute atomic E-state index is 0.263. The molecule has 0 spiro atoms. The second-order valence-electron chi connectivity index (χ2n) is 5.57. The van der Waals surface area contributed by atoms with Crippen LogP contribution in [0.25, 0.3) is 11.4 Å². The van der Waals surface area contributed by atoms with Crippen molar-refractivity contribution in [2.24, 2.45) is 0 Å². The summed E-state index contributed by atoms with van der Waals surface area (Å²) in [4.78, 5) is 17.9. The second kappa shape index (κ2) is 7.16. The lowest BCUT2D eigenvalue weighted by Crippen LogP contribution is -2.38. The average molecular weight is 344 g/mol. The molecule has 2 heterocycles. The molecule has 25 heavy (non-hydrogen) atoms. The number of amides is 2. The lowest BCUT2D eigenvalue weighted by atomic mass is 10.2. The molecular formula is C17H17FN4O3. The fourth-order valence-corrected chi connectivity index (χ4v) is 2.19. The van der Waals surface area contributed by atoms with E-state index in [-0.39, 0.29) is 17.7 Å². The van der Waals surface area contributed by atoms with E-state index in [4.69, 9.17) is 8.94 Å². The number of carbonyl (C=O) groups is 1. The quantitative estimate of drug-likeness (QED) is 0.767. The molecule has 130 valence electrons. The van der Waals surface area contributed by atoms with Crippen molar-refractivity contribution < 1.29 is 18.1 Å². The predicted molar refractivity (Wildman–Crippen MR) is 86.8 cm³/mol. The molecular weight excluding hydrogens is 327 g/mol. The Hall–Kier alpha value is -3.16. The topological polar surface area (TPSA) is 84.4 Å². The molecule has 0 aliphatic carbocycles. The summed E-state index contributed by atoms with van der Waals surface area (Å²) in [6, 6.07) is 8.53. The SMILES string of the molecule is C[C@H](NC(=O)N(C)Cc1ccco1)c1nc(-c2ccc(F)cc2)no1. The van der Waals surface area contributed by atoms with Crippen LogP contribution in [0.1, 0.15) is 24.6 Å². The standard InChI is InChI=1S/C17H17FN4O3/c1-11(19-17(23)22(2)10-14-4-3-9-24-14)16-20-15(21-25-16)12-5-7-13(18)8-6-12/h3-9,11H,10H2,1-2H3,(H,19,23)/t11-/m0/s1. The number of carbonyl (C=O) groups excluding carboxylic acids is 1. The predicted octanol–water partition coefficient (Wildman–Crippen LogP) is 3.37.